The van der Waals surface area contributed by atoms with Crippen LogP contribution in [0.15, 0.2) is 29.4 Å². The van der Waals surface area contributed by atoms with Crippen molar-refractivity contribution in [2.24, 2.45) is 10.5 Å². The first kappa shape index (κ1) is 20.5. The van der Waals surface area contributed by atoms with Gasteiger partial charge in [-0.15, -0.1) is 0 Å². The van der Waals surface area contributed by atoms with Crippen molar-refractivity contribution in [3.05, 3.63) is 39.9 Å². The number of nitrogens with zero attached hydrogens (tertiary/aromatic N) is 3. The fraction of sp³-hybridized carbons (Fsp3) is 0.500. The second-order valence-electron chi connectivity index (χ2n) is 7.32. The Balaban J connectivity index is 2.28. The molecular formula is C18H23N3O6. The summed E-state index contributed by atoms with van der Waals surface area (Å²) in [5, 5.41) is 26.8. The number of carbonyl (C=O) groups excluding carboxylic acids is 2. The molecule has 0 saturated carbocycles. The number of ether oxygens (including phenoxy) is 1. The molecule has 9 nitrogen and oxygen atoms in total. The van der Waals surface area contributed by atoms with E-state index in [9.17, 15) is 24.8 Å². The molecule has 1 aromatic carbocycles. The molecule has 0 saturated heterocycles. The van der Waals surface area contributed by atoms with Crippen molar-refractivity contribution < 1.29 is 24.4 Å². The Morgan fingerprint density at radius 1 is 1.33 bits per heavy atom. The zero-order chi connectivity index (χ0) is 20.4. The molecule has 1 N–H and O–H groups in total. The van der Waals surface area contributed by atoms with Gasteiger partial charge in [0.25, 0.3) is 5.69 Å². The van der Waals surface area contributed by atoms with E-state index in [4.69, 9.17) is 4.74 Å². The molecule has 1 aliphatic heterocycles. The smallest absolute Gasteiger partial charge is 0.354 e. The molecule has 0 bridgehead atoms. The number of aliphatic hydroxyl groups is 1. The molecule has 1 aliphatic rings. The summed E-state index contributed by atoms with van der Waals surface area (Å²) >= 11 is 0. The Kier molecular flexibility index (Phi) is 5.65. The van der Waals surface area contributed by atoms with Gasteiger partial charge < -0.3 is 9.84 Å². The van der Waals surface area contributed by atoms with Crippen LogP contribution in [0.25, 0.3) is 0 Å². The predicted molar refractivity (Wildman–Crippen MR) is 96.7 cm³/mol. The number of rotatable bonds is 5. The third-order valence-corrected chi connectivity index (χ3v) is 4.44. The van der Waals surface area contributed by atoms with Crippen LogP contribution in [0.5, 0.6) is 0 Å². The zero-order valence-corrected chi connectivity index (χ0v) is 15.8. The lowest BCUT2D eigenvalue weighted by molar-refractivity contribution is -0.384. The Labute approximate surface area is 156 Å². The summed E-state index contributed by atoms with van der Waals surface area (Å²) in [5.74, 6) is -1.20. The van der Waals surface area contributed by atoms with Gasteiger partial charge >= 0.3 is 5.97 Å². The number of esters is 1. The van der Waals surface area contributed by atoms with Crippen molar-refractivity contribution in [1.29, 1.82) is 0 Å². The number of hydrogen-bond donors (Lipinski definition) is 1. The Hall–Kier alpha value is -2.81. The van der Waals surface area contributed by atoms with Crippen LogP contribution < -0.4 is 0 Å². The molecule has 27 heavy (non-hydrogen) atoms. The van der Waals surface area contributed by atoms with E-state index in [1.54, 1.807) is 27.7 Å². The molecule has 0 spiro atoms. The van der Waals surface area contributed by atoms with Crippen LogP contribution >= 0.6 is 0 Å². The minimum absolute atomic E-state index is 0.0219. The fourth-order valence-electron chi connectivity index (χ4n) is 2.70. The summed E-state index contributed by atoms with van der Waals surface area (Å²) in [6, 6.07) is 5.54. The molecule has 0 radical (unpaired) electrons. The monoisotopic (exact) mass is 377 g/mol. The highest BCUT2D eigenvalue weighted by atomic mass is 16.6. The molecule has 9 heteroatoms. The van der Waals surface area contributed by atoms with Crippen molar-refractivity contribution in [1.82, 2.24) is 5.01 Å². The quantitative estimate of drug-likeness (QED) is 0.476. The van der Waals surface area contributed by atoms with Gasteiger partial charge in [-0.2, -0.15) is 5.10 Å². The normalized spacial score (nSPS) is 19.6. The second-order valence-corrected chi connectivity index (χ2v) is 7.32. The zero-order valence-electron chi connectivity index (χ0n) is 15.8. The maximum absolute atomic E-state index is 12.8. The first-order chi connectivity index (χ1) is 12.5. The minimum atomic E-state index is -1.69. The highest BCUT2D eigenvalue weighted by molar-refractivity contribution is 6.37. The number of carbonyl (C=O) groups is 2. The summed E-state index contributed by atoms with van der Waals surface area (Å²) < 4.78 is 4.93. The highest BCUT2D eigenvalue weighted by Crippen LogP contribution is 2.41. The minimum Gasteiger partial charge on any atom is -0.461 e. The van der Waals surface area contributed by atoms with Gasteiger partial charge in [-0.1, -0.05) is 32.9 Å². The van der Waals surface area contributed by atoms with Crippen molar-refractivity contribution in [2.45, 2.75) is 46.3 Å². The van der Waals surface area contributed by atoms with Gasteiger partial charge in [0.15, 0.2) is 11.4 Å². The van der Waals surface area contributed by atoms with Crippen molar-refractivity contribution in [2.75, 3.05) is 6.61 Å². The molecule has 146 valence electrons. The van der Waals surface area contributed by atoms with Crippen LogP contribution in [-0.2, 0) is 20.7 Å². The summed E-state index contributed by atoms with van der Waals surface area (Å²) in [6.07, 6.45) is -0.267. The summed E-state index contributed by atoms with van der Waals surface area (Å²) in [7, 11) is 0. The van der Waals surface area contributed by atoms with Gasteiger partial charge in [-0.25, -0.2) is 9.80 Å². The van der Waals surface area contributed by atoms with Crippen molar-refractivity contribution >= 4 is 23.3 Å². The molecule has 0 aromatic heterocycles. The molecule has 1 unspecified atom stereocenters. The van der Waals surface area contributed by atoms with Gasteiger partial charge in [0, 0.05) is 24.0 Å². The van der Waals surface area contributed by atoms with Crippen molar-refractivity contribution in [3.63, 3.8) is 0 Å². The summed E-state index contributed by atoms with van der Waals surface area (Å²) in [4.78, 5) is 35.0. The van der Waals surface area contributed by atoms with E-state index in [0.717, 1.165) is 5.01 Å². The molecule has 1 heterocycles. The van der Waals surface area contributed by atoms with E-state index in [1.165, 1.54) is 24.3 Å². The summed E-state index contributed by atoms with van der Waals surface area (Å²) in [6.45, 7) is 7.03. The van der Waals surface area contributed by atoms with Gasteiger partial charge in [0.05, 0.1) is 18.0 Å². The van der Waals surface area contributed by atoms with E-state index in [2.05, 4.69) is 5.10 Å². The molecule has 1 atom stereocenters. The van der Waals surface area contributed by atoms with E-state index < -0.39 is 27.9 Å². The largest absolute Gasteiger partial charge is 0.461 e. The van der Waals surface area contributed by atoms with Gasteiger partial charge in [0.1, 0.15) is 0 Å². The summed E-state index contributed by atoms with van der Waals surface area (Å²) in [5.41, 5.74) is -2.04. The average Bonchev–Trinajstić information content (AvgIpc) is 2.95. The van der Waals surface area contributed by atoms with E-state index in [-0.39, 0.29) is 30.8 Å². The number of hydrogen-bond acceptors (Lipinski definition) is 7. The number of hydrazone groups is 1. The maximum Gasteiger partial charge on any atom is 0.354 e. The lowest BCUT2D eigenvalue weighted by Crippen LogP contribution is -2.55. The SMILES string of the molecule is CCOC(=O)C1=NN(C(=O)Cc2ccc([N+](=O)[O-])cc2)C(O)(C(C)(C)C)C1. The molecule has 1 aromatic rings. The van der Waals surface area contributed by atoms with Gasteiger partial charge in [-0.3, -0.25) is 14.9 Å². The topological polar surface area (TPSA) is 122 Å². The molecule has 0 fully saturated rings. The first-order valence-electron chi connectivity index (χ1n) is 8.53. The molecule has 2 rings (SSSR count). The van der Waals surface area contributed by atoms with E-state index in [0.29, 0.717) is 5.56 Å². The van der Waals surface area contributed by atoms with Crippen LogP contribution in [0.3, 0.4) is 0 Å². The van der Waals surface area contributed by atoms with Crippen LogP contribution in [0.1, 0.15) is 39.7 Å². The standard InChI is InChI=1S/C18H23N3O6/c1-5-27-16(23)14-11-18(24,17(2,3)4)20(19-14)15(22)10-12-6-8-13(9-7-12)21(25)26/h6-9,24H,5,10-11H2,1-4H3. The van der Waals surface area contributed by atoms with Crippen LogP contribution in [0, 0.1) is 15.5 Å². The Bertz CT molecular complexity index is 781. The number of non-ortho nitro benzene ring substituents is 1. The van der Waals surface area contributed by atoms with Crippen LogP contribution in [-0.4, -0.2) is 45.0 Å². The highest BCUT2D eigenvalue weighted by Gasteiger charge is 2.53. The van der Waals surface area contributed by atoms with Crippen LogP contribution in [0.4, 0.5) is 5.69 Å². The number of nitro benzene ring substituents is 1. The van der Waals surface area contributed by atoms with Crippen molar-refractivity contribution in [3.8, 4) is 0 Å². The number of benzene rings is 1. The third kappa shape index (κ3) is 4.13. The molecular weight excluding hydrogens is 354 g/mol. The maximum atomic E-state index is 12.8. The number of amides is 1. The van der Waals surface area contributed by atoms with Gasteiger partial charge in [0.2, 0.25) is 5.91 Å². The number of nitro groups is 1. The average molecular weight is 377 g/mol. The molecule has 1 amide bonds. The van der Waals surface area contributed by atoms with E-state index in [1.807, 2.05) is 0 Å². The molecule has 0 aliphatic carbocycles. The fourth-order valence-corrected chi connectivity index (χ4v) is 2.70. The lowest BCUT2D eigenvalue weighted by Gasteiger charge is -2.41. The Morgan fingerprint density at radius 2 is 1.93 bits per heavy atom. The lowest BCUT2D eigenvalue weighted by atomic mass is 9.80. The van der Waals surface area contributed by atoms with E-state index >= 15 is 0 Å². The Morgan fingerprint density at radius 3 is 2.41 bits per heavy atom. The predicted octanol–water partition coefficient (Wildman–Crippen LogP) is 2.02. The second kappa shape index (κ2) is 7.43. The van der Waals surface area contributed by atoms with Gasteiger partial charge in [-0.05, 0) is 12.5 Å². The first-order valence-corrected chi connectivity index (χ1v) is 8.53. The van der Waals surface area contributed by atoms with Crippen LogP contribution in [0.2, 0.25) is 0 Å². The third-order valence-electron chi connectivity index (χ3n) is 4.44.